The van der Waals surface area contributed by atoms with Gasteiger partial charge in [-0.3, -0.25) is 4.79 Å². The van der Waals surface area contributed by atoms with E-state index in [2.05, 4.69) is 19.1 Å². The van der Waals surface area contributed by atoms with E-state index in [1.807, 2.05) is 19.1 Å². The van der Waals surface area contributed by atoms with Gasteiger partial charge in [0.25, 0.3) is 0 Å². The highest BCUT2D eigenvalue weighted by Gasteiger charge is 2.30. The van der Waals surface area contributed by atoms with Gasteiger partial charge in [-0.15, -0.1) is 0 Å². The first-order valence-corrected chi connectivity index (χ1v) is 12.5. The van der Waals surface area contributed by atoms with Crippen molar-refractivity contribution in [1.82, 2.24) is 0 Å². The second-order valence-electron chi connectivity index (χ2n) is 9.76. The Balaban J connectivity index is 1.34. The molecule has 0 N–H and O–H groups in total. The molecule has 0 radical (unpaired) electrons. The largest absolute Gasteiger partial charge is 0.427 e. The minimum atomic E-state index is -0.129. The first kappa shape index (κ1) is 22.4. The van der Waals surface area contributed by atoms with Crippen LogP contribution in [0.2, 0.25) is 0 Å². The number of benzene rings is 1. The van der Waals surface area contributed by atoms with Crippen LogP contribution in [-0.2, 0) is 11.2 Å². The third-order valence-corrected chi connectivity index (χ3v) is 7.60. The second-order valence-corrected chi connectivity index (χ2v) is 9.76. The zero-order chi connectivity index (χ0) is 20.5. The van der Waals surface area contributed by atoms with E-state index >= 15 is 0 Å². The minimum absolute atomic E-state index is 0.129. The van der Waals surface area contributed by atoms with Crippen LogP contribution in [0.3, 0.4) is 0 Å². The molecule has 1 aromatic carbocycles. The van der Waals surface area contributed by atoms with Crippen molar-refractivity contribution < 1.29 is 9.53 Å². The van der Waals surface area contributed by atoms with Crippen LogP contribution in [-0.4, -0.2) is 5.97 Å². The van der Waals surface area contributed by atoms with Crippen LogP contribution in [0.25, 0.3) is 0 Å². The van der Waals surface area contributed by atoms with Crippen molar-refractivity contribution in [3.63, 3.8) is 0 Å². The fraction of sp³-hybridized carbons (Fsp3) is 0.741. The number of carbonyl (C=O) groups is 1. The third-order valence-electron chi connectivity index (χ3n) is 7.60. The molecule has 0 spiro atoms. The van der Waals surface area contributed by atoms with Crippen molar-refractivity contribution in [2.45, 2.75) is 104 Å². The lowest BCUT2D eigenvalue weighted by atomic mass is 9.68. The molecule has 0 saturated heterocycles. The van der Waals surface area contributed by atoms with Gasteiger partial charge in [0.05, 0.1) is 0 Å². The molecule has 2 nitrogen and oxygen atoms in total. The van der Waals surface area contributed by atoms with Gasteiger partial charge >= 0.3 is 5.97 Å². The summed E-state index contributed by atoms with van der Waals surface area (Å²) in [4.78, 5) is 11.6. The van der Waals surface area contributed by atoms with Gasteiger partial charge < -0.3 is 4.74 Å². The fourth-order valence-corrected chi connectivity index (χ4v) is 5.79. The van der Waals surface area contributed by atoms with Gasteiger partial charge in [-0.05, 0) is 86.3 Å². The third kappa shape index (κ3) is 7.15. The molecule has 0 heterocycles. The van der Waals surface area contributed by atoms with Crippen molar-refractivity contribution in [2.75, 3.05) is 0 Å². The average Bonchev–Trinajstić information content (AvgIpc) is 2.75. The molecule has 2 heteroatoms. The first-order chi connectivity index (χ1) is 14.2. The lowest BCUT2D eigenvalue weighted by Gasteiger charge is -2.38. The summed E-state index contributed by atoms with van der Waals surface area (Å²) in [6.07, 6.45) is 18.5. The van der Waals surface area contributed by atoms with Crippen molar-refractivity contribution in [1.29, 1.82) is 0 Å². The standard InChI is InChI=1S/C27H42O2/c1-3-5-21-9-15-24(16-10-21)25-17-11-22(12-18-25)7-8-23-13-19-26(20-14-23)29-27(28)6-4-2/h13-14,19-22,24-25H,3-12,15-18H2,1-2H3. The molecule has 2 fully saturated rings. The average molecular weight is 399 g/mol. The van der Waals surface area contributed by atoms with Crippen LogP contribution >= 0.6 is 0 Å². The van der Waals surface area contributed by atoms with Gasteiger partial charge in [-0.2, -0.15) is 0 Å². The Morgan fingerprint density at radius 3 is 1.86 bits per heavy atom. The lowest BCUT2D eigenvalue weighted by molar-refractivity contribution is -0.134. The highest BCUT2D eigenvalue weighted by Crippen LogP contribution is 2.42. The summed E-state index contributed by atoms with van der Waals surface area (Å²) in [5.41, 5.74) is 1.37. The number of rotatable bonds is 9. The number of hydrogen-bond acceptors (Lipinski definition) is 2. The van der Waals surface area contributed by atoms with E-state index in [1.165, 1.54) is 76.2 Å². The van der Waals surface area contributed by atoms with Gasteiger partial charge in [0.15, 0.2) is 0 Å². The Bertz CT molecular complexity index is 589. The van der Waals surface area contributed by atoms with Gasteiger partial charge in [0, 0.05) is 6.42 Å². The Morgan fingerprint density at radius 1 is 0.793 bits per heavy atom. The summed E-state index contributed by atoms with van der Waals surface area (Å²) < 4.78 is 5.35. The second kappa shape index (κ2) is 11.8. The van der Waals surface area contributed by atoms with Gasteiger partial charge in [-0.25, -0.2) is 0 Å². The zero-order valence-electron chi connectivity index (χ0n) is 18.8. The number of ether oxygens (including phenoxy) is 1. The van der Waals surface area contributed by atoms with E-state index in [9.17, 15) is 4.79 Å². The molecule has 29 heavy (non-hydrogen) atoms. The van der Waals surface area contributed by atoms with E-state index in [1.54, 1.807) is 0 Å². The van der Waals surface area contributed by atoms with Crippen molar-refractivity contribution in [2.24, 2.45) is 23.7 Å². The maximum absolute atomic E-state index is 11.6. The lowest BCUT2D eigenvalue weighted by Crippen LogP contribution is -2.26. The van der Waals surface area contributed by atoms with Crippen LogP contribution < -0.4 is 4.74 Å². The van der Waals surface area contributed by atoms with Gasteiger partial charge in [0.1, 0.15) is 5.75 Å². The molecule has 2 aliphatic carbocycles. The molecule has 1 aromatic rings. The number of carbonyl (C=O) groups excluding carboxylic acids is 1. The Labute approximate surface area is 178 Å². The SMILES string of the molecule is CCCC(=O)Oc1ccc(CCC2CCC(C3CCC(CCC)CC3)CC2)cc1. The van der Waals surface area contributed by atoms with E-state index in [-0.39, 0.29) is 5.97 Å². The number of hydrogen-bond donors (Lipinski definition) is 0. The van der Waals surface area contributed by atoms with Crippen LogP contribution in [0.4, 0.5) is 0 Å². The molecule has 0 aromatic heterocycles. The molecule has 0 amide bonds. The molecule has 2 aliphatic rings. The summed E-state index contributed by atoms with van der Waals surface area (Å²) in [6, 6.07) is 8.17. The Kier molecular flexibility index (Phi) is 9.08. The highest BCUT2D eigenvalue weighted by molar-refractivity contribution is 5.72. The van der Waals surface area contributed by atoms with E-state index in [0.29, 0.717) is 12.2 Å². The maximum atomic E-state index is 11.6. The normalized spacial score (nSPS) is 27.5. The summed E-state index contributed by atoms with van der Waals surface area (Å²) in [5, 5.41) is 0. The van der Waals surface area contributed by atoms with Crippen molar-refractivity contribution in [3.8, 4) is 5.75 Å². The van der Waals surface area contributed by atoms with Gasteiger partial charge in [-0.1, -0.05) is 64.5 Å². The predicted molar refractivity (Wildman–Crippen MR) is 121 cm³/mol. The molecule has 0 unspecified atom stereocenters. The summed E-state index contributed by atoms with van der Waals surface area (Å²) >= 11 is 0. The highest BCUT2D eigenvalue weighted by atomic mass is 16.5. The molecular formula is C27H42O2. The molecule has 0 atom stereocenters. The first-order valence-electron chi connectivity index (χ1n) is 12.5. The monoisotopic (exact) mass is 398 g/mol. The Hall–Kier alpha value is -1.31. The van der Waals surface area contributed by atoms with Gasteiger partial charge in [0.2, 0.25) is 0 Å². The van der Waals surface area contributed by atoms with Crippen molar-refractivity contribution >= 4 is 5.97 Å². The quantitative estimate of drug-likeness (QED) is 0.314. The topological polar surface area (TPSA) is 26.3 Å². The summed E-state index contributed by atoms with van der Waals surface area (Å²) in [5.74, 6) is 4.55. The van der Waals surface area contributed by atoms with Crippen molar-refractivity contribution in [3.05, 3.63) is 29.8 Å². The maximum Gasteiger partial charge on any atom is 0.311 e. The van der Waals surface area contributed by atoms with E-state index < -0.39 is 0 Å². The van der Waals surface area contributed by atoms with E-state index in [4.69, 9.17) is 4.74 Å². The smallest absolute Gasteiger partial charge is 0.311 e. The molecule has 2 saturated carbocycles. The molecule has 0 bridgehead atoms. The molecular weight excluding hydrogens is 356 g/mol. The van der Waals surface area contributed by atoms with Crippen LogP contribution in [0, 0.1) is 23.7 Å². The zero-order valence-corrected chi connectivity index (χ0v) is 18.8. The van der Waals surface area contributed by atoms with E-state index in [0.717, 1.165) is 36.5 Å². The van der Waals surface area contributed by atoms with Crippen LogP contribution in [0.5, 0.6) is 5.75 Å². The summed E-state index contributed by atoms with van der Waals surface area (Å²) in [6.45, 7) is 4.33. The number of aryl methyl sites for hydroxylation is 1. The van der Waals surface area contributed by atoms with Crippen LogP contribution in [0.1, 0.15) is 103 Å². The fourth-order valence-electron chi connectivity index (χ4n) is 5.79. The number of esters is 1. The molecule has 0 aliphatic heterocycles. The molecule has 3 rings (SSSR count). The molecule has 162 valence electrons. The predicted octanol–water partition coefficient (Wildman–Crippen LogP) is 7.74. The Morgan fingerprint density at radius 2 is 1.34 bits per heavy atom. The van der Waals surface area contributed by atoms with Crippen LogP contribution in [0.15, 0.2) is 24.3 Å². The summed E-state index contributed by atoms with van der Waals surface area (Å²) in [7, 11) is 0. The minimum Gasteiger partial charge on any atom is -0.427 e.